The summed E-state index contributed by atoms with van der Waals surface area (Å²) in [6.07, 6.45) is 0. The number of piperazine rings is 1. The van der Waals surface area contributed by atoms with E-state index in [4.69, 9.17) is 4.74 Å². The maximum atomic E-state index is 13.6. The number of hydrogen-bond acceptors (Lipinski definition) is 5. The fourth-order valence-corrected chi connectivity index (χ4v) is 6.37. The molecular formula is C24H25N3O4S. The van der Waals surface area contributed by atoms with Gasteiger partial charge in [0.2, 0.25) is 10.0 Å². The van der Waals surface area contributed by atoms with Crippen molar-refractivity contribution in [2.45, 2.75) is 11.8 Å². The Morgan fingerprint density at radius 1 is 0.906 bits per heavy atom. The maximum Gasteiger partial charge on any atom is 0.258 e. The number of sulfonamides is 1. The van der Waals surface area contributed by atoms with Gasteiger partial charge in [0.15, 0.2) is 0 Å². The normalized spacial score (nSPS) is 16.8. The number of carbonyl (C=O) groups is 1. The Morgan fingerprint density at radius 3 is 2.38 bits per heavy atom. The van der Waals surface area contributed by atoms with Gasteiger partial charge in [-0.15, -0.1) is 0 Å². The minimum Gasteiger partial charge on any atom is -0.495 e. The molecule has 1 saturated heterocycles. The first-order chi connectivity index (χ1) is 15.5. The van der Waals surface area contributed by atoms with Gasteiger partial charge in [-0.1, -0.05) is 24.3 Å². The monoisotopic (exact) mass is 451 g/mol. The molecule has 0 bridgehead atoms. The van der Waals surface area contributed by atoms with E-state index >= 15 is 0 Å². The molecule has 1 amide bonds. The molecule has 0 aliphatic carbocycles. The quantitative estimate of drug-likeness (QED) is 0.595. The highest BCUT2D eigenvalue weighted by molar-refractivity contribution is 7.89. The lowest BCUT2D eigenvalue weighted by molar-refractivity contribution is 0.0994. The molecule has 0 radical (unpaired) electrons. The summed E-state index contributed by atoms with van der Waals surface area (Å²) in [7, 11) is -2.07. The van der Waals surface area contributed by atoms with Crippen molar-refractivity contribution in [1.29, 1.82) is 0 Å². The fraction of sp³-hybridized carbons (Fsp3) is 0.292. The van der Waals surface area contributed by atoms with Crippen LogP contribution in [0.15, 0.2) is 59.5 Å². The lowest BCUT2D eigenvalue weighted by Gasteiger charge is -2.36. The number of hydrogen-bond donors (Lipinski definition) is 0. The van der Waals surface area contributed by atoms with Crippen molar-refractivity contribution in [1.82, 2.24) is 4.31 Å². The first-order valence-corrected chi connectivity index (χ1v) is 12.2. The Labute approximate surface area is 187 Å². The van der Waals surface area contributed by atoms with Crippen LogP contribution in [0, 0.1) is 0 Å². The molecule has 3 aromatic carbocycles. The van der Waals surface area contributed by atoms with E-state index in [2.05, 4.69) is 4.90 Å². The molecule has 1 fully saturated rings. The van der Waals surface area contributed by atoms with Gasteiger partial charge in [0.05, 0.1) is 23.4 Å². The van der Waals surface area contributed by atoms with Crippen LogP contribution < -0.4 is 14.5 Å². The van der Waals surface area contributed by atoms with Crippen LogP contribution in [0.5, 0.6) is 5.75 Å². The van der Waals surface area contributed by atoms with Gasteiger partial charge in [0.1, 0.15) is 5.75 Å². The van der Waals surface area contributed by atoms with Gasteiger partial charge in [-0.25, -0.2) is 8.42 Å². The lowest BCUT2D eigenvalue weighted by Crippen LogP contribution is -2.48. The minimum atomic E-state index is -3.71. The number of benzene rings is 3. The highest BCUT2D eigenvalue weighted by Gasteiger charge is 2.34. The van der Waals surface area contributed by atoms with Crippen molar-refractivity contribution in [3.8, 4) is 5.75 Å². The maximum absolute atomic E-state index is 13.6. The lowest BCUT2D eigenvalue weighted by atomic mass is 10.1. The fourth-order valence-electron chi connectivity index (χ4n) is 4.76. The van der Waals surface area contributed by atoms with E-state index in [0.717, 1.165) is 22.5 Å². The molecule has 7 nitrogen and oxygen atoms in total. The average molecular weight is 452 g/mol. The zero-order valence-electron chi connectivity index (χ0n) is 18.1. The Hall–Kier alpha value is -3.10. The summed E-state index contributed by atoms with van der Waals surface area (Å²) in [5.74, 6) is 0.703. The van der Waals surface area contributed by atoms with Crippen LogP contribution in [0.2, 0.25) is 0 Å². The zero-order valence-corrected chi connectivity index (χ0v) is 18.9. The van der Waals surface area contributed by atoms with Crippen molar-refractivity contribution in [2.24, 2.45) is 0 Å². The van der Waals surface area contributed by atoms with Crippen LogP contribution in [0.25, 0.3) is 10.8 Å². The summed E-state index contributed by atoms with van der Waals surface area (Å²) in [4.78, 5) is 16.8. The van der Waals surface area contributed by atoms with Crippen molar-refractivity contribution < 1.29 is 17.9 Å². The van der Waals surface area contributed by atoms with Gasteiger partial charge in [0, 0.05) is 49.1 Å². The average Bonchev–Trinajstić information content (AvgIpc) is 3.11. The van der Waals surface area contributed by atoms with Crippen molar-refractivity contribution >= 4 is 38.1 Å². The third-order valence-electron chi connectivity index (χ3n) is 6.34. The highest BCUT2D eigenvalue weighted by Crippen LogP contribution is 2.40. The van der Waals surface area contributed by atoms with E-state index < -0.39 is 10.0 Å². The Morgan fingerprint density at radius 2 is 1.66 bits per heavy atom. The van der Waals surface area contributed by atoms with Gasteiger partial charge < -0.3 is 14.5 Å². The number of amides is 1. The van der Waals surface area contributed by atoms with E-state index in [9.17, 15) is 13.2 Å². The van der Waals surface area contributed by atoms with Gasteiger partial charge >= 0.3 is 0 Å². The molecule has 0 atom stereocenters. The molecule has 2 heterocycles. The molecule has 0 unspecified atom stereocenters. The van der Waals surface area contributed by atoms with Crippen LogP contribution in [-0.4, -0.2) is 58.5 Å². The topological polar surface area (TPSA) is 70.2 Å². The zero-order chi connectivity index (χ0) is 22.5. The van der Waals surface area contributed by atoms with Crippen LogP contribution in [0.4, 0.5) is 11.4 Å². The second-order valence-electron chi connectivity index (χ2n) is 7.92. The SMILES string of the molecule is CCN1C(=O)c2cccc3c(S(=O)(=O)N4CCN(c5ccccc5OC)CC4)ccc1c23. The molecule has 0 saturated carbocycles. The largest absolute Gasteiger partial charge is 0.495 e. The number of rotatable bonds is 5. The minimum absolute atomic E-state index is 0.0759. The number of para-hydroxylation sites is 2. The molecular weight excluding hydrogens is 426 g/mol. The van der Waals surface area contributed by atoms with E-state index in [0.29, 0.717) is 43.7 Å². The molecule has 32 heavy (non-hydrogen) atoms. The molecule has 8 heteroatoms. The smallest absolute Gasteiger partial charge is 0.258 e. The van der Waals surface area contributed by atoms with Crippen molar-refractivity contribution in [3.63, 3.8) is 0 Å². The van der Waals surface area contributed by atoms with Crippen molar-refractivity contribution in [3.05, 3.63) is 60.2 Å². The summed E-state index contributed by atoms with van der Waals surface area (Å²) in [5, 5.41) is 1.34. The molecule has 0 spiro atoms. The molecule has 0 N–H and O–H groups in total. The standard InChI is InChI=1S/C24H25N3O4S/c1-3-27-20-11-12-22(17-7-6-8-18(23(17)20)24(27)28)32(29,30)26-15-13-25(14-16-26)19-9-4-5-10-21(19)31-2/h4-12H,3,13-16H2,1-2H3. The Kier molecular flexibility index (Phi) is 5.06. The van der Waals surface area contributed by atoms with Crippen molar-refractivity contribution in [2.75, 3.05) is 49.6 Å². The Balaban J connectivity index is 1.47. The first kappa shape index (κ1) is 20.8. The van der Waals surface area contributed by atoms with Gasteiger partial charge in [-0.2, -0.15) is 4.31 Å². The molecule has 5 rings (SSSR count). The van der Waals surface area contributed by atoms with Gasteiger partial charge in [-0.3, -0.25) is 4.79 Å². The number of nitrogens with zero attached hydrogens (tertiary/aromatic N) is 3. The molecule has 2 aliphatic heterocycles. The number of ether oxygens (including phenoxy) is 1. The predicted octanol–water partition coefficient (Wildman–Crippen LogP) is 3.34. The molecule has 2 aliphatic rings. The van der Waals surface area contributed by atoms with Crippen LogP contribution in [0.1, 0.15) is 17.3 Å². The third kappa shape index (κ3) is 3.05. The summed E-state index contributed by atoms with van der Waals surface area (Å²) in [6.45, 7) is 4.36. The number of methoxy groups -OCH3 is 1. The van der Waals surface area contributed by atoms with E-state index in [1.165, 1.54) is 4.31 Å². The molecule has 3 aromatic rings. The van der Waals surface area contributed by atoms with E-state index in [1.807, 2.05) is 31.2 Å². The van der Waals surface area contributed by atoms with Crippen LogP contribution in [-0.2, 0) is 10.0 Å². The molecule has 0 aromatic heterocycles. The predicted molar refractivity (Wildman–Crippen MR) is 125 cm³/mol. The first-order valence-electron chi connectivity index (χ1n) is 10.7. The molecule has 166 valence electrons. The third-order valence-corrected chi connectivity index (χ3v) is 8.30. The second kappa shape index (κ2) is 7.79. The summed E-state index contributed by atoms with van der Waals surface area (Å²) in [5.41, 5.74) is 2.32. The van der Waals surface area contributed by atoms with Gasteiger partial charge in [0.25, 0.3) is 5.91 Å². The van der Waals surface area contributed by atoms with E-state index in [1.54, 1.807) is 42.3 Å². The van der Waals surface area contributed by atoms with Crippen LogP contribution in [0.3, 0.4) is 0 Å². The van der Waals surface area contributed by atoms with Gasteiger partial charge in [-0.05, 0) is 37.3 Å². The second-order valence-corrected chi connectivity index (χ2v) is 9.83. The van der Waals surface area contributed by atoms with Crippen LogP contribution >= 0.6 is 0 Å². The number of carbonyl (C=O) groups excluding carboxylic acids is 1. The summed E-state index contributed by atoms with van der Waals surface area (Å²) in [6, 6.07) is 16.5. The number of anilines is 2. The van der Waals surface area contributed by atoms with E-state index in [-0.39, 0.29) is 10.8 Å². The summed E-state index contributed by atoms with van der Waals surface area (Å²) < 4.78 is 34.3. The Bertz CT molecular complexity index is 1310. The highest BCUT2D eigenvalue weighted by atomic mass is 32.2. The summed E-state index contributed by atoms with van der Waals surface area (Å²) >= 11 is 0.